The first kappa shape index (κ1) is 21.9. The highest BCUT2D eigenvalue weighted by Gasteiger charge is 2.43. The van der Waals surface area contributed by atoms with Crippen LogP contribution in [0, 0.1) is 5.41 Å². The summed E-state index contributed by atoms with van der Waals surface area (Å²) in [7, 11) is 1.54. The van der Waals surface area contributed by atoms with Gasteiger partial charge >= 0.3 is 5.97 Å². The van der Waals surface area contributed by atoms with Gasteiger partial charge in [0.25, 0.3) is 0 Å². The van der Waals surface area contributed by atoms with Crippen molar-refractivity contribution >= 4 is 35.0 Å². The average molecular weight is 438 g/mol. The number of hydrogen-bond acceptors (Lipinski definition) is 5. The summed E-state index contributed by atoms with van der Waals surface area (Å²) < 4.78 is 10.4. The molecule has 3 rings (SSSR count). The molecule has 0 spiro atoms. The lowest BCUT2D eigenvalue weighted by atomic mass is 9.68. The molecule has 1 aliphatic carbocycles. The SMILES string of the molecule is COCCOC(=O)C1=C(C)NC2=C(C(=O)CC(C)(C)C2)C1c1ccc(Cl)c(Cl)c1. The highest BCUT2D eigenvalue weighted by Crippen LogP contribution is 2.47. The number of nitrogens with one attached hydrogen (secondary N) is 1. The number of halogens is 2. The minimum atomic E-state index is -0.556. The molecule has 2 aliphatic rings. The lowest BCUT2D eigenvalue weighted by Crippen LogP contribution is -2.38. The third kappa shape index (κ3) is 4.52. The van der Waals surface area contributed by atoms with Crippen LogP contribution in [0.2, 0.25) is 10.0 Å². The number of rotatable bonds is 5. The predicted octanol–water partition coefficient (Wildman–Crippen LogP) is 4.79. The van der Waals surface area contributed by atoms with E-state index in [2.05, 4.69) is 19.2 Å². The Morgan fingerprint density at radius 3 is 2.59 bits per heavy atom. The van der Waals surface area contributed by atoms with E-state index < -0.39 is 11.9 Å². The van der Waals surface area contributed by atoms with Gasteiger partial charge in [-0.3, -0.25) is 4.79 Å². The van der Waals surface area contributed by atoms with Crippen molar-refractivity contribution in [3.05, 3.63) is 56.3 Å². The lowest BCUT2D eigenvalue weighted by Gasteiger charge is -2.39. The van der Waals surface area contributed by atoms with Crippen LogP contribution in [0.25, 0.3) is 0 Å². The van der Waals surface area contributed by atoms with E-state index in [9.17, 15) is 9.59 Å². The quantitative estimate of drug-likeness (QED) is 0.529. The number of dihydropyridines is 1. The van der Waals surface area contributed by atoms with E-state index >= 15 is 0 Å². The third-order valence-corrected chi connectivity index (χ3v) is 6.00. The molecule has 0 saturated heterocycles. The molecule has 0 saturated carbocycles. The first-order chi connectivity index (χ1) is 13.6. The third-order valence-electron chi connectivity index (χ3n) is 5.26. The van der Waals surface area contributed by atoms with E-state index in [1.165, 1.54) is 0 Å². The summed E-state index contributed by atoms with van der Waals surface area (Å²) in [5.74, 6) is -1.01. The van der Waals surface area contributed by atoms with Crippen molar-refractivity contribution in [1.82, 2.24) is 5.32 Å². The molecule has 1 N–H and O–H groups in total. The van der Waals surface area contributed by atoms with Crippen molar-refractivity contribution in [2.75, 3.05) is 20.3 Å². The number of benzene rings is 1. The summed E-state index contributed by atoms with van der Waals surface area (Å²) in [6.07, 6.45) is 1.13. The molecule has 0 amide bonds. The standard InChI is InChI=1S/C22H25Cl2NO4/c1-12-18(21(27)29-8-7-28-4)19(13-5-6-14(23)15(24)9-13)20-16(25-12)10-22(2,3)11-17(20)26/h5-6,9,19,25H,7-8,10-11H2,1-4H3. The zero-order valence-electron chi connectivity index (χ0n) is 17.0. The molecule has 1 aliphatic heterocycles. The van der Waals surface area contributed by atoms with Gasteiger partial charge < -0.3 is 14.8 Å². The smallest absolute Gasteiger partial charge is 0.336 e. The normalized spacial score (nSPS) is 21.0. The van der Waals surface area contributed by atoms with E-state index in [0.717, 1.165) is 17.7 Å². The Kier molecular flexibility index (Phi) is 6.42. The molecular formula is C22H25Cl2NO4. The number of Topliss-reactive ketones (excluding diaryl/α,β-unsaturated/α-hetero) is 1. The molecule has 1 unspecified atom stereocenters. The molecule has 156 valence electrons. The van der Waals surface area contributed by atoms with Crippen LogP contribution in [-0.4, -0.2) is 32.1 Å². The molecular weight excluding hydrogens is 413 g/mol. The maximum absolute atomic E-state index is 13.2. The maximum atomic E-state index is 13.2. The fraction of sp³-hybridized carbons (Fsp3) is 0.455. The van der Waals surface area contributed by atoms with E-state index in [4.69, 9.17) is 32.7 Å². The average Bonchev–Trinajstić information content (AvgIpc) is 2.61. The van der Waals surface area contributed by atoms with Gasteiger partial charge in [0.15, 0.2) is 5.78 Å². The van der Waals surface area contributed by atoms with Crippen LogP contribution in [0.4, 0.5) is 0 Å². The fourth-order valence-corrected chi connectivity index (χ4v) is 4.33. The van der Waals surface area contributed by atoms with E-state index in [0.29, 0.717) is 39.9 Å². The Morgan fingerprint density at radius 1 is 1.21 bits per heavy atom. The van der Waals surface area contributed by atoms with Crippen molar-refractivity contribution in [2.45, 2.75) is 39.5 Å². The maximum Gasteiger partial charge on any atom is 0.336 e. The van der Waals surface area contributed by atoms with Gasteiger partial charge in [-0.15, -0.1) is 0 Å². The van der Waals surface area contributed by atoms with Crippen LogP contribution in [0.5, 0.6) is 0 Å². The van der Waals surface area contributed by atoms with Gasteiger partial charge in [0.05, 0.1) is 22.2 Å². The number of esters is 1. The first-order valence-corrected chi connectivity index (χ1v) is 10.3. The molecule has 0 aromatic heterocycles. The molecule has 0 radical (unpaired) electrons. The summed E-state index contributed by atoms with van der Waals surface area (Å²) in [6.45, 7) is 6.39. The second-order valence-electron chi connectivity index (χ2n) is 8.23. The molecule has 29 heavy (non-hydrogen) atoms. The monoisotopic (exact) mass is 437 g/mol. The fourth-order valence-electron chi connectivity index (χ4n) is 4.03. The van der Waals surface area contributed by atoms with Crippen molar-refractivity contribution in [2.24, 2.45) is 5.41 Å². The Hall–Kier alpha value is -1.82. The van der Waals surface area contributed by atoms with Crippen LogP contribution in [0.15, 0.2) is 40.7 Å². The van der Waals surface area contributed by atoms with Gasteiger partial charge in [0.2, 0.25) is 0 Å². The molecule has 1 atom stereocenters. The summed E-state index contributed by atoms with van der Waals surface area (Å²) in [5, 5.41) is 4.09. The van der Waals surface area contributed by atoms with Gasteiger partial charge in [-0.25, -0.2) is 4.79 Å². The second kappa shape index (κ2) is 8.50. The van der Waals surface area contributed by atoms with Gasteiger partial charge in [-0.05, 0) is 36.5 Å². The van der Waals surface area contributed by atoms with Gasteiger partial charge in [-0.2, -0.15) is 0 Å². The highest BCUT2D eigenvalue weighted by molar-refractivity contribution is 6.42. The molecule has 0 fully saturated rings. The summed E-state index contributed by atoms with van der Waals surface area (Å²) in [5.41, 5.74) is 3.13. The van der Waals surface area contributed by atoms with Gasteiger partial charge in [0.1, 0.15) is 6.61 Å². The Bertz CT molecular complexity index is 917. The zero-order chi connectivity index (χ0) is 21.3. The van der Waals surface area contributed by atoms with Crippen LogP contribution >= 0.6 is 23.2 Å². The molecule has 1 heterocycles. The number of carbonyl (C=O) groups excluding carboxylic acids is 2. The van der Waals surface area contributed by atoms with Gasteiger partial charge in [-0.1, -0.05) is 43.1 Å². The molecule has 1 aromatic rings. The second-order valence-corrected chi connectivity index (χ2v) is 9.05. The topological polar surface area (TPSA) is 64.6 Å². The summed E-state index contributed by atoms with van der Waals surface area (Å²) >= 11 is 12.4. The van der Waals surface area contributed by atoms with Crippen LogP contribution in [0.3, 0.4) is 0 Å². The molecule has 5 nitrogen and oxygen atoms in total. The van der Waals surface area contributed by atoms with E-state index in [1.807, 2.05) is 6.92 Å². The van der Waals surface area contributed by atoms with Crippen LogP contribution in [-0.2, 0) is 19.1 Å². The van der Waals surface area contributed by atoms with Gasteiger partial charge in [0, 0.05) is 36.4 Å². The predicted molar refractivity (Wildman–Crippen MR) is 113 cm³/mol. The molecule has 1 aromatic carbocycles. The Balaban J connectivity index is 2.11. The van der Waals surface area contributed by atoms with Crippen molar-refractivity contribution in [3.63, 3.8) is 0 Å². The molecule has 7 heteroatoms. The van der Waals surface area contributed by atoms with E-state index in [1.54, 1.807) is 25.3 Å². The zero-order valence-corrected chi connectivity index (χ0v) is 18.5. The van der Waals surface area contributed by atoms with Crippen LogP contribution in [0.1, 0.15) is 45.1 Å². The number of hydrogen-bond donors (Lipinski definition) is 1. The van der Waals surface area contributed by atoms with E-state index in [-0.39, 0.29) is 17.8 Å². The minimum absolute atomic E-state index is 0.0227. The Labute approximate surface area is 181 Å². The number of carbonyl (C=O) groups is 2. The number of ketones is 1. The molecule has 0 bridgehead atoms. The van der Waals surface area contributed by atoms with Crippen molar-refractivity contribution in [1.29, 1.82) is 0 Å². The van der Waals surface area contributed by atoms with Crippen molar-refractivity contribution < 1.29 is 19.1 Å². The lowest BCUT2D eigenvalue weighted by molar-refractivity contribution is -0.140. The number of methoxy groups -OCH3 is 1. The first-order valence-electron chi connectivity index (χ1n) is 9.49. The highest BCUT2D eigenvalue weighted by atomic mass is 35.5. The minimum Gasteiger partial charge on any atom is -0.460 e. The number of ether oxygens (including phenoxy) is 2. The summed E-state index contributed by atoms with van der Waals surface area (Å²) in [4.78, 5) is 26.1. The van der Waals surface area contributed by atoms with Crippen molar-refractivity contribution in [3.8, 4) is 0 Å². The number of allylic oxidation sites excluding steroid dienone is 3. The largest absolute Gasteiger partial charge is 0.460 e. The summed E-state index contributed by atoms with van der Waals surface area (Å²) in [6, 6.07) is 5.20. The van der Waals surface area contributed by atoms with Crippen LogP contribution < -0.4 is 5.32 Å². The Morgan fingerprint density at radius 2 is 1.93 bits per heavy atom.